The molecule has 0 saturated heterocycles. The first kappa shape index (κ1) is 14.7. The molecule has 1 rings (SSSR count). The number of carboxylic acids is 1. The minimum atomic E-state index is -2.68. The number of halogens is 2. The summed E-state index contributed by atoms with van der Waals surface area (Å²) in [4.78, 5) is 21.4. The minimum Gasteiger partial charge on any atom is -0.481 e. The van der Waals surface area contributed by atoms with E-state index in [0.29, 0.717) is 19.3 Å². The van der Waals surface area contributed by atoms with Crippen molar-refractivity contribution in [2.45, 2.75) is 38.0 Å². The lowest BCUT2D eigenvalue weighted by Gasteiger charge is -2.19. The number of amides is 2. The zero-order chi connectivity index (χ0) is 13.6. The molecule has 0 aromatic rings. The summed E-state index contributed by atoms with van der Waals surface area (Å²) in [6.07, 6.45) is 1.09. The molecular formula is C11H18F2N2O3. The monoisotopic (exact) mass is 264 g/mol. The van der Waals surface area contributed by atoms with Crippen molar-refractivity contribution in [3.63, 3.8) is 0 Å². The first-order valence-corrected chi connectivity index (χ1v) is 6.03. The van der Waals surface area contributed by atoms with Crippen LogP contribution in [-0.2, 0) is 4.79 Å². The Labute approximate surface area is 104 Å². The SMILES string of the molecule is O=C(O)CCCNC(=O)NCC1CCCC1(F)F. The van der Waals surface area contributed by atoms with Gasteiger partial charge in [-0.2, -0.15) is 0 Å². The number of carbonyl (C=O) groups is 2. The average Bonchev–Trinajstić information content (AvgIpc) is 2.61. The molecule has 1 atom stereocenters. The summed E-state index contributed by atoms with van der Waals surface area (Å²) in [6, 6.07) is -0.525. The summed E-state index contributed by atoms with van der Waals surface area (Å²) in [5.41, 5.74) is 0. The lowest BCUT2D eigenvalue weighted by molar-refractivity contribution is -0.137. The molecule has 0 aliphatic heterocycles. The van der Waals surface area contributed by atoms with Gasteiger partial charge in [0.15, 0.2) is 0 Å². The molecule has 0 aromatic heterocycles. The summed E-state index contributed by atoms with van der Waals surface area (Å²) in [5.74, 6) is -4.40. The molecule has 0 aromatic carbocycles. The van der Waals surface area contributed by atoms with Crippen LogP contribution in [0.3, 0.4) is 0 Å². The molecule has 1 unspecified atom stereocenters. The third-order valence-electron chi connectivity index (χ3n) is 3.02. The highest BCUT2D eigenvalue weighted by Crippen LogP contribution is 2.39. The molecule has 1 aliphatic carbocycles. The maximum absolute atomic E-state index is 13.2. The molecule has 104 valence electrons. The van der Waals surface area contributed by atoms with Crippen molar-refractivity contribution in [1.82, 2.24) is 10.6 Å². The van der Waals surface area contributed by atoms with Gasteiger partial charge in [-0.1, -0.05) is 0 Å². The fraction of sp³-hybridized carbons (Fsp3) is 0.818. The van der Waals surface area contributed by atoms with Crippen LogP contribution in [0.15, 0.2) is 0 Å². The van der Waals surface area contributed by atoms with Crippen LogP contribution in [-0.4, -0.2) is 36.1 Å². The van der Waals surface area contributed by atoms with E-state index in [1.807, 2.05) is 0 Å². The van der Waals surface area contributed by atoms with Crippen molar-refractivity contribution in [3.8, 4) is 0 Å². The van der Waals surface area contributed by atoms with E-state index in [1.165, 1.54) is 0 Å². The fourth-order valence-electron chi connectivity index (χ4n) is 1.97. The Morgan fingerprint density at radius 3 is 2.61 bits per heavy atom. The lowest BCUT2D eigenvalue weighted by atomic mass is 10.1. The Hall–Kier alpha value is -1.40. The third kappa shape index (κ3) is 4.85. The van der Waals surface area contributed by atoms with Gasteiger partial charge in [0.25, 0.3) is 5.92 Å². The van der Waals surface area contributed by atoms with Gasteiger partial charge in [-0.15, -0.1) is 0 Å². The van der Waals surface area contributed by atoms with E-state index < -0.39 is 23.8 Å². The second kappa shape index (κ2) is 6.51. The Morgan fingerprint density at radius 1 is 1.33 bits per heavy atom. The fourth-order valence-corrected chi connectivity index (χ4v) is 1.97. The second-order valence-electron chi connectivity index (χ2n) is 4.48. The molecule has 3 N–H and O–H groups in total. The van der Waals surface area contributed by atoms with Crippen molar-refractivity contribution in [2.24, 2.45) is 5.92 Å². The number of urea groups is 1. The number of alkyl halides is 2. The highest BCUT2D eigenvalue weighted by atomic mass is 19.3. The van der Waals surface area contributed by atoms with Crippen molar-refractivity contribution >= 4 is 12.0 Å². The second-order valence-corrected chi connectivity index (χ2v) is 4.48. The van der Waals surface area contributed by atoms with Gasteiger partial charge >= 0.3 is 12.0 Å². The maximum atomic E-state index is 13.2. The van der Waals surface area contributed by atoms with E-state index in [-0.39, 0.29) is 25.9 Å². The summed E-state index contributed by atoms with van der Waals surface area (Å²) in [5, 5.41) is 13.2. The average molecular weight is 264 g/mol. The van der Waals surface area contributed by atoms with Crippen molar-refractivity contribution in [2.75, 3.05) is 13.1 Å². The molecular weight excluding hydrogens is 246 g/mol. The van der Waals surface area contributed by atoms with E-state index in [1.54, 1.807) is 0 Å². The van der Waals surface area contributed by atoms with Crippen LogP contribution in [0.5, 0.6) is 0 Å². The summed E-state index contributed by atoms with van der Waals surface area (Å²) in [6.45, 7) is 0.178. The lowest BCUT2D eigenvalue weighted by Crippen LogP contribution is -2.41. The molecule has 2 amide bonds. The first-order chi connectivity index (χ1) is 8.42. The first-order valence-electron chi connectivity index (χ1n) is 6.03. The number of hydrogen-bond donors (Lipinski definition) is 3. The Balaban J connectivity index is 2.12. The van der Waals surface area contributed by atoms with E-state index in [9.17, 15) is 18.4 Å². The van der Waals surface area contributed by atoms with Gasteiger partial charge < -0.3 is 15.7 Å². The highest BCUT2D eigenvalue weighted by molar-refractivity contribution is 5.73. The number of hydrogen-bond acceptors (Lipinski definition) is 2. The number of carbonyl (C=O) groups excluding carboxylic acids is 1. The van der Waals surface area contributed by atoms with Gasteiger partial charge in [-0.25, -0.2) is 13.6 Å². The zero-order valence-corrected chi connectivity index (χ0v) is 10.0. The van der Waals surface area contributed by atoms with Gasteiger partial charge in [0, 0.05) is 31.8 Å². The molecule has 1 saturated carbocycles. The van der Waals surface area contributed by atoms with Gasteiger partial charge in [-0.3, -0.25) is 4.79 Å². The third-order valence-corrected chi connectivity index (χ3v) is 3.02. The topological polar surface area (TPSA) is 78.4 Å². The van der Waals surface area contributed by atoms with E-state index >= 15 is 0 Å². The van der Waals surface area contributed by atoms with Crippen molar-refractivity contribution < 1.29 is 23.5 Å². The van der Waals surface area contributed by atoms with Crippen LogP contribution >= 0.6 is 0 Å². The van der Waals surface area contributed by atoms with Gasteiger partial charge in [0.05, 0.1) is 0 Å². The summed E-state index contributed by atoms with van der Waals surface area (Å²) >= 11 is 0. The van der Waals surface area contributed by atoms with Crippen LogP contribution in [0.2, 0.25) is 0 Å². The van der Waals surface area contributed by atoms with Crippen molar-refractivity contribution in [1.29, 1.82) is 0 Å². The molecule has 0 heterocycles. The maximum Gasteiger partial charge on any atom is 0.314 e. The van der Waals surface area contributed by atoms with Crippen LogP contribution in [0.1, 0.15) is 32.1 Å². The van der Waals surface area contributed by atoms with Crippen molar-refractivity contribution in [3.05, 3.63) is 0 Å². The largest absolute Gasteiger partial charge is 0.481 e. The number of nitrogens with one attached hydrogen (secondary N) is 2. The Morgan fingerprint density at radius 2 is 2.06 bits per heavy atom. The van der Waals surface area contributed by atoms with Crippen LogP contribution in [0.4, 0.5) is 13.6 Å². The predicted molar refractivity (Wildman–Crippen MR) is 60.6 cm³/mol. The molecule has 0 bridgehead atoms. The van der Waals surface area contributed by atoms with E-state index in [0.717, 1.165) is 0 Å². The molecule has 7 heteroatoms. The molecule has 0 spiro atoms. The zero-order valence-electron chi connectivity index (χ0n) is 10.0. The van der Waals surface area contributed by atoms with Crippen LogP contribution in [0.25, 0.3) is 0 Å². The van der Waals surface area contributed by atoms with E-state index in [4.69, 9.17) is 5.11 Å². The predicted octanol–water partition coefficient (Wildman–Crippen LogP) is 1.59. The molecule has 18 heavy (non-hydrogen) atoms. The number of aliphatic carboxylic acids is 1. The Kier molecular flexibility index (Phi) is 5.30. The summed E-state index contributed by atoms with van der Waals surface area (Å²) in [7, 11) is 0. The van der Waals surface area contributed by atoms with E-state index in [2.05, 4.69) is 10.6 Å². The van der Waals surface area contributed by atoms with Gasteiger partial charge in [0.2, 0.25) is 0 Å². The van der Waals surface area contributed by atoms with Gasteiger partial charge in [0.1, 0.15) is 0 Å². The summed E-state index contributed by atoms with van der Waals surface area (Å²) < 4.78 is 26.4. The molecule has 1 fully saturated rings. The number of carboxylic acid groups (broad SMARTS) is 1. The van der Waals surface area contributed by atoms with Crippen LogP contribution in [0, 0.1) is 5.92 Å². The van der Waals surface area contributed by atoms with Crippen LogP contribution < -0.4 is 10.6 Å². The smallest absolute Gasteiger partial charge is 0.314 e. The Bertz CT molecular complexity index is 311. The highest BCUT2D eigenvalue weighted by Gasteiger charge is 2.43. The molecule has 0 radical (unpaired) electrons. The standard InChI is InChI=1S/C11H18F2N2O3/c12-11(13)5-1-3-8(11)7-15-10(18)14-6-2-4-9(16)17/h8H,1-7H2,(H,16,17)(H2,14,15,18). The molecule has 1 aliphatic rings. The molecule has 5 nitrogen and oxygen atoms in total. The normalized spacial score (nSPS) is 21.6. The quantitative estimate of drug-likeness (QED) is 0.637. The number of rotatable bonds is 6. The van der Waals surface area contributed by atoms with Gasteiger partial charge in [-0.05, 0) is 19.3 Å². The minimum absolute atomic E-state index is 0.0268.